The van der Waals surface area contributed by atoms with Crippen molar-refractivity contribution < 1.29 is 14.3 Å². The minimum atomic E-state index is -0.486. The van der Waals surface area contributed by atoms with Crippen LogP contribution in [0.15, 0.2) is 48.5 Å². The summed E-state index contributed by atoms with van der Waals surface area (Å²) in [5, 5.41) is 17.8. The van der Waals surface area contributed by atoms with Crippen molar-refractivity contribution in [2.45, 2.75) is 20.5 Å². The number of anilines is 1. The number of aryl methyl sites for hydroxylation is 1. The lowest BCUT2D eigenvalue weighted by Gasteiger charge is -2.08. The third kappa shape index (κ3) is 3.44. The Morgan fingerprint density at radius 2 is 1.82 bits per heavy atom. The summed E-state index contributed by atoms with van der Waals surface area (Å²) in [6.07, 6.45) is -0.486. The van der Waals surface area contributed by atoms with Gasteiger partial charge in [-0.25, -0.2) is 4.79 Å². The normalized spacial score (nSPS) is 10.9. The van der Waals surface area contributed by atoms with Gasteiger partial charge in [0.2, 0.25) is 0 Å². The van der Waals surface area contributed by atoms with Crippen LogP contribution in [0.2, 0.25) is 0 Å². The van der Waals surface area contributed by atoms with Crippen LogP contribution in [-0.2, 0) is 11.3 Å². The minimum absolute atomic E-state index is 0.219. The maximum atomic E-state index is 11.4. The highest BCUT2D eigenvalue weighted by molar-refractivity contribution is 5.94. The predicted molar refractivity (Wildman–Crippen MR) is 104 cm³/mol. The fraction of sp³-hybridized carbons (Fsp3) is 0.200. The highest BCUT2D eigenvalue weighted by Gasteiger charge is 2.12. The molecule has 8 heteroatoms. The summed E-state index contributed by atoms with van der Waals surface area (Å²) < 4.78 is 12.4. The van der Waals surface area contributed by atoms with Crippen LogP contribution < -0.4 is 10.1 Å². The number of benzene rings is 2. The molecule has 1 amide bonds. The molecule has 4 aromatic rings. The average Bonchev–Trinajstić information content (AvgIpc) is 3.11. The van der Waals surface area contributed by atoms with E-state index >= 15 is 0 Å². The number of carbonyl (C=O) groups is 1. The Bertz CT molecular complexity index is 1140. The molecule has 0 saturated carbocycles. The van der Waals surface area contributed by atoms with Crippen LogP contribution in [-0.4, -0.2) is 32.5 Å². The van der Waals surface area contributed by atoms with Crippen molar-refractivity contribution in [3.05, 3.63) is 60.0 Å². The number of nitrogens with one attached hydrogen (secondary N) is 1. The van der Waals surface area contributed by atoms with E-state index in [9.17, 15) is 4.79 Å². The lowest BCUT2D eigenvalue weighted by atomic mass is 10.1. The summed E-state index contributed by atoms with van der Waals surface area (Å²) in [5.74, 6) is 1.25. The number of hydrogen-bond donors (Lipinski definition) is 1. The van der Waals surface area contributed by atoms with Gasteiger partial charge in [-0.05, 0) is 38.1 Å². The van der Waals surface area contributed by atoms with E-state index in [0.29, 0.717) is 29.5 Å². The van der Waals surface area contributed by atoms with Crippen molar-refractivity contribution in [3.63, 3.8) is 0 Å². The number of ether oxygens (including phenoxy) is 2. The van der Waals surface area contributed by atoms with Crippen LogP contribution in [0.4, 0.5) is 10.5 Å². The Morgan fingerprint density at radius 3 is 2.57 bits per heavy atom. The number of amides is 1. The van der Waals surface area contributed by atoms with Gasteiger partial charge in [0.15, 0.2) is 11.5 Å². The van der Waals surface area contributed by atoms with E-state index in [0.717, 1.165) is 16.5 Å². The van der Waals surface area contributed by atoms with Gasteiger partial charge in [0.25, 0.3) is 0 Å². The zero-order chi connectivity index (χ0) is 19.5. The SMILES string of the molecule is CCOC(=O)Nc1ccc(OCc2nnc3c4ccccc4c(C)nn23)cc1. The van der Waals surface area contributed by atoms with E-state index in [1.165, 1.54) is 0 Å². The molecular formula is C20H19N5O3. The third-order valence-electron chi connectivity index (χ3n) is 4.26. The summed E-state index contributed by atoms with van der Waals surface area (Å²) in [6, 6.07) is 15.0. The van der Waals surface area contributed by atoms with Crippen molar-refractivity contribution in [3.8, 4) is 5.75 Å². The van der Waals surface area contributed by atoms with Gasteiger partial charge < -0.3 is 9.47 Å². The molecule has 0 bridgehead atoms. The molecule has 4 rings (SSSR count). The first-order chi connectivity index (χ1) is 13.7. The maximum absolute atomic E-state index is 11.4. The zero-order valence-electron chi connectivity index (χ0n) is 15.5. The number of carbonyl (C=O) groups excluding carboxylic acids is 1. The van der Waals surface area contributed by atoms with Gasteiger partial charge in [-0.1, -0.05) is 24.3 Å². The Kier molecular flexibility index (Phi) is 4.76. The molecule has 0 saturated heterocycles. The third-order valence-corrected chi connectivity index (χ3v) is 4.26. The number of aromatic nitrogens is 4. The van der Waals surface area contributed by atoms with E-state index in [-0.39, 0.29) is 6.61 Å². The van der Waals surface area contributed by atoms with Crippen molar-refractivity contribution >= 4 is 28.2 Å². The van der Waals surface area contributed by atoms with Crippen molar-refractivity contribution in [2.24, 2.45) is 0 Å². The molecule has 0 aliphatic carbocycles. The molecule has 2 aromatic heterocycles. The van der Waals surface area contributed by atoms with Gasteiger partial charge in [-0.3, -0.25) is 5.32 Å². The van der Waals surface area contributed by atoms with E-state index in [1.807, 2.05) is 31.2 Å². The summed E-state index contributed by atoms with van der Waals surface area (Å²) in [4.78, 5) is 11.4. The smallest absolute Gasteiger partial charge is 0.411 e. The molecular weight excluding hydrogens is 358 g/mol. The van der Waals surface area contributed by atoms with E-state index in [2.05, 4.69) is 20.6 Å². The molecule has 0 aliphatic rings. The van der Waals surface area contributed by atoms with Gasteiger partial charge in [-0.15, -0.1) is 10.2 Å². The van der Waals surface area contributed by atoms with Gasteiger partial charge >= 0.3 is 6.09 Å². The first-order valence-corrected chi connectivity index (χ1v) is 8.92. The molecule has 1 N–H and O–H groups in total. The lowest BCUT2D eigenvalue weighted by molar-refractivity contribution is 0.168. The van der Waals surface area contributed by atoms with E-state index in [1.54, 1.807) is 35.7 Å². The van der Waals surface area contributed by atoms with Crippen LogP contribution >= 0.6 is 0 Å². The monoisotopic (exact) mass is 377 g/mol. The van der Waals surface area contributed by atoms with Crippen molar-refractivity contribution in [2.75, 3.05) is 11.9 Å². The molecule has 0 aliphatic heterocycles. The Hall–Kier alpha value is -3.68. The predicted octanol–water partition coefficient (Wildman–Crippen LogP) is 3.73. The van der Waals surface area contributed by atoms with Gasteiger partial charge in [0, 0.05) is 16.5 Å². The summed E-state index contributed by atoms with van der Waals surface area (Å²) in [6.45, 7) is 4.25. The van der Waals surface area contributed by atoms with Gasteiger partial charge in [0.05, 0.1) is 12.3 Å². The fourth-order valence-corrected chi connectivity index (χ4v) is 2.94. The van der Waals surface area contributed by atoms with Crippen molar-refractivity contribution in [1.82, 2.24) is 19.8 Å². The van der Waals surface area contributed by atoms with E-state index < -0.39 is 6.09 Å². The molecule has 28 heavy (non-hydrogen) atoms. The minimum Gasteiger partial charge on any atom is -0.486 e. The summed E-state index contributed by atoms with van der Waals surface area (Å²) >= 11 is 0. The number of hydrogen-bond acceptors (Lipinski definition) is 6. The Labute approximate surface area is 161 Å². The Balaban J connectivity index is 1.51. The number of rotatable bonds is 5. The largest absolute Gasteiger partial charge is 0.486 e. The molecule has 0 fully saturated rings. The van der Waals surface area contributed by atoms with E-state index in [4.69, 9.17) is 9.47 Å². The van der Waals surface area contributed by atoms with Crippen LogP contribution in [0.5, 0.6) is 5.75 Å². The van der Waals surface area contributed by atoms with Crippen LogP contribution in [0, 0.1) is 6.92 Å². The molecule has 2 heterocycles. The maximum Gasteiger partial charge on any atom is 0.411 e. The first kappa shape index (κ1) is 17.7. The summed E-state index contributed by atoms with van der Waals surface area (Å²) in [7, 11) is 0. The average molecular weight is 377 g/mol. The first-order valence-electron chi connectivity index (χ1n) is 8.92. The van der Waals surface area contributed by atoms with Gasteiger partial charge in [-0.2, -0.15) is 9.61 Å². The second-order valence-corrected chi connectivity index (χ2v) is 6.14. The molecule has 0 atom stereocenters. The highest BCUT2D eigenvalue weighted by Crippen LogP contribution is 2.22. The molecule has 0 unspecified atom stereocenters. The lowest BCUT2D eigenvalue weighted by Crippen LogP contribution is -2.13. The van der Waals surface area contributed by atoms with Crippen LogP contribution in [0.25, 0.3) is 16.4 Å². The zero-order valence-corrected chi connectivity index (χ0v) is 15.5. The molecule has 142 valence electrons. The van der Waals surface area contributed by atoms with Gasteiger partial charge in [0.1, 0.15) is 12.4 Å². The molecule has 0 radical (unpaired) electrons. The van der Waals surface area contributed by atoms with Crippen molar-refractivity contribution in [1.29, 1.82) is 0 Å². The topological polar surface area (TPSA) is 90.6 Å². The van der Waals surface area contributed by atoms with Crippen LogP contribution in [0.3, 0.4) is 0 Å². The van der Waals surface area contributed by atoms with Crippen LogP contribution in [0.1, 0.15) is 18.4 Å². The standard InChI is InChI=1S/C20H19N5O3/c1-3-27-20(26)21-14-8-10-15(11-9-14)28-12-18-22-23-19-17-7-5-4-6-16(17)13(2)24-25(18)19/h4-11H,3,12H2,1-2H3,(H,21,26). The summed E-state index contributed by atoms with van der Waals surface area (Å²) in [5.41, 5.74) is 2.23. The molecule has 0 spiro atoms. The number of nitrogens with zero attached hydrogens (tertiary/aromatic N) is 4. The molecule has 2 aromatic carbocycles. The number of fused-ring (bicyclic) bond motifs is 3. The highest BCUT2D eigenvalue weighted by atomic mass is 16.5. The second kappa shape index (κ2) is 7.51. The quantitative estimate of drug-likeness (QED) is 0.570. The molecule has 8 nitrogen and oxygen atoms in total. The Morgan fingerprint density at radius 1 is 1.07 bits per heavy atom. The second-order valence-electron chi connectivity index (χ2n) is 6.14. The fourth-order valence-electron chi connectivity index (χ4n) is 2.94.